The van der Waals surface area contributed by atoms with Gasteiger partial charge in [0.25, 0.3) is 0 Å². The van der Waals surface area contributed by atoms with E-state index in [1.54, 1.807) is 0 Å². The molecule has 1 atom stereocenters. The van der Waals surface area contributed by atoms with Crippen LogP contribution in [0.25, 0.3) is 0 Å². The third-order valence-corrected chi connectivity index (χ3v) is 3.85. The Morgan fingerprint density at radius 2 is 2.19 bits per heavy atom. The van der Waals surface area contributed by atoms with Crippen LogP contribution in [0.4, 0.5) is 0 Å². The first-order valence-corrected chi connectivity index (χ1v) is 6.69. The van der Waals surface area contributed by atoms with Gasteiger partial charge in [0, 0.05) is 31.7 Å². The highest BCUT2D eigenvalue weighted by Gasteiger charge is 2.43. The summed E-state index contributed by atoms with van der Waals surface area (Å²) in [7, 11) is 0. The molecule has 1 saturated heterocycles. The Kier molecular flexibility index (Phi) is 3.88. The standard InChI is InChI=1S/C13H26N2O/c1-11(2)16-9-8-15-7-6-14-13(3,10-15)12-4-5-12/h11-12,14H,4-10H2,1-3H3. The van der Waals surface area contributed by atoms with Crippen molar-refractivity contribution in [3.05, 3.63) is 0 Å². The summed E-state index contributed by atoms with van der Waals surface area (Å²) in [6, 6.07) is 0. The highest BCUT2D eigenvalue weighted by Crippen LogP contribution is 2.40. The fourth-order valence-corrected chi connectivity index (χ4v) is 2.70. The van der Waals surface area contributed by atoms with Crippen molar-refractivity contribution in [2.24, 2.45) is 5.92 Å². The number of hydrogen-bond acceptors (Lipinski definition) is 3. The van der Waals surface area contributed by atoms with E-state index in [4.69, 9.17) is 4.74 Å². The summed E-state index contributed by atoms with van der Waals surface area (Å²) in [5.41, 5.74) is 0.371. The molecule has 1 unspecified atom stereocenters. The van der Waals surface area contributed by atoms with Gasteiger partial charge >= 0.3 is 0 Å². The minimum absolute atomic E-state index is 0.359. The van der Waals surface area contributed by atoms with Crippen LogP contribution in [0.15, 0.2) is 0 Å². The Balaban J connectivity index is 1.73. The smallest absolute Gasteiger partial charge is 0.0596 e. The summed E-state index contributed by atoms with van der Waals surface area (Å²) in [6.07, 6.45) is 3.19. The van der Waals surface area contributed by atoms with Gasteiger partial charge in [-0.05, 0) is 39.5 Å². The van der Waals surface area contributed by atoms with Gasteiger partial charge in [0.2, 0.25) is 0 Å². The molecular formula is C13H26N2O. The molecule has 0 radical (unpaired) electrons. The van der Waals surface area contributed by atoms with Crippen molar-refractivity contribution in [1.29, 1.82) is 0 Å². The third kappa shape index (κ3) is 3.19. The van der Waals surface area contributed by atoms with Crippen molar-refractivity contribution in [3.63, 3.8) is 0 Å². The predicted molar refractivity (Wildman–Crippen MR) is 66.7 cm³/mol. The molecule has 2 rings (SSSR count). The maximum atomic E-state index is 5.63. The third-order valence-electron chi connectivity index (χ3n) is 3.85. The van der Waals surface area contributed by atoms with E-state index in [1.165, 1.54) is 25.9 Å². The molecule has 2 fully saturated rings. The van der Waals surface area contributed by atoms with Crippen molar-refractivity contribution in [3.8, 4) is 0 Å². The molecule has 0 aromatic rings. The number of piperazine rings is 1. The van der Waals surface area contributed by atoms with Crippen LogP contribution in [0.2, 0.25) is 0 Å². The lowest BCUT2D eigenvalue weighted by Gasteiger charge is -2.42. The van der Waals surface area contributed by atoms with Gasteiger partial charge in [-0.3, -0.25) is 4.90 Å². The zero-order valence-corrected chi connectivity index (χ0v) is 11.0. The van der Waals surface area contributed by atoms with Gasteiger partial charge in [-0.2, -0.15) is 0 Å². The Morgan fingerprint density at radius 3 is 2.81 bits per heavy atom. The van der Waals surface area contributed by atoms with E-state index in [1.807, 2.05) is 0 Å². The lowest BCUT2D eigenvalue weighted by Crippen LogP contribution is -2.60. The average molecular weight is 226 g/mol. The lowest BCUT2D eigenvalue weighted by atomic mass is 9.93. The van der Waals surface area contributed by atoms with Crippen LogP contribution in [0.5, 0.6) is 0 Å². The highest BCUT2D eigenvalue weighted by atomic mass is 16.5. The van der Waals surface area contributed by atoms with Crippen LogP contribution < -0.4 is 5.32 Å². The minimum atomic E-state index is 0.359. The zero-order chi connectivity index (χ0) is 11.6. The SMILES string of the molecule is CC(C)OCCN1CCNC(C)(C2CC2)C1. The van der Waals surface area contributed by atoms with Gasteiger partial charge in [-0.15, -0.1) is 0 Å². The first kappa shape index (κ1) is 12.3. The number of hydrogen-bond donors (Lipinski definition) is 1. The fraction of sp³-hybridized carbons (Fsp3) is 1.00. The second-order valence-corrected chi connectivity index (χ2v) is 5.81. The Labute approximate surface area is 99.5 Å². The Morgan fingerprint density at radius 1 is 1.44 bits per heavy atom. The van der Waals surface area contributed by atoms with Crippen LogP contribution in [-0.4, -0.2) is 49.3 Å². The van der Waals surface area contributed by atoms with Gasteiger partial charge in [0.05, 0.1) is 12.7 Å². The van der Waals surface area contributed by atoms with Crippen molar-refractivity contribution >= 4 is 0 Å². The predicted octanol–water partition coefficient (Wildman–Crippen LogP) is 1.49. The largest absolute Gasteiger partial charge is 0.377 e. The molecule has 3 nitrogen and oxygen atoms in total. The Bertz CT molecular complexity index is 228. The number of ether oxygens (including phenoxy) is 1. The molecule has 1 aliphatic carbocycles. The summed E-state index contributed by atoms with van der Waals surface area (Å²) >= 11 is 0. The molecule has 1 saturated carbocycles. The van der Waals surface area contributed by atoms with E-state index in [-0.39, 0.29) is 0 Å². The summed E-state index contributed by atoms with van der Waals surface area (Å²) in [4.78, 5) is 2.55. The van der Waals surface area contributed by atoms with E-state index >= 15 is 0 Å². The van der Waals surface area contributed by atoms with Crippen LogP contribution in [0.3, 0.4) is 0 Å². The maximum Gasteiger partial charge on any atom is 0.0596 e. The van der Waals surface area contributed by atoms with E-state index < -0.39 is 0 Å². The molecule has 1 aliphatic heterocycles. The van der Waals surface area contributed by atoms with Crippen molar-refractivity contribution < 1.29 is 4.74 Å². The summed E-state index contributed by atoms with van der Waals surface area (Å²) in [5, 5.41) is 3.70. The molecule has 0 spiro atoms. The van der Waals surface area contributed by atoms with Gasteiger partial charge < -0.3 is 10.1 Å². The first-order valence-electron chi connectivity index (χ1n) is 6.69. The van der Waals surface area contributed by atoms with Gasteiger partial charge in [0.15, 0.2) is 0 Å². The lowest BCUT2D eigenvalue weighted by molar-refractivity contribution is 0.0416. The molecule has 16 heavy (non-hydrogen) atoms. The topological polar surface area (TPSA) is 24.5 Å². The minimum Gasteiger partial charge on any atom is -0.377 e. The molecule has 0 aromatic carbocycles. The molecule has 3 heteroatoms. The van der Waals surface area contributed by atoms with E-state index in [2.05, 4.69) is 31.0 Å². The highest BCUT2D eigenvalue weighted by molar-refractivity contribution is 5.01. The summed E-state index contributed by atoms with van der Waals surface area (Å²) in [5.74, 6) is 0.918. The van der Waals surface area contributed by atoms with Gasteiger partial charge in [-0.25, -0.2) is 0 Å². The summed E-state index contributed by atoms with van der Waals surface area (Å²) in [6.45, 7) is 12.1. The first-order chi connectivity index (χ1) is 7.60. The molecular weight excluding hydrogens is 200 g/mol. The normalized spacial score (nSPS) is 32.2. The molecule has 0 amide bonds. The van der Waals surface area contributed by atoms with Crippen LogP contribution in [0, 0.1) is 5.92 Å². The Hall–Kier alpha value is -0.120. The van der Waals surface area contributed by atoms with E-state index in [9.17, 15) is 0 Å². The van der Waals surface area contributed by atoms with E-state index in [0.29, 0.717) is 11.6 Å². The second kappa shape index (κ2) is 5.03. The van der Waals surface area contributed by atoms with E-state index in [0.717, 1.165) is 25.6 Å². The molecule has 1 N–H and O–H groups in total. The monoisotopic (exact) mass is 226 g/mol. The fourth-order valence-electron chi connectivity index (χ4n) is 2.70. The number of rotatable bonds is 5. The molecule has 94 valence electrons. The quantitative estimate of drug-likeness (QED) is 0.768. The van der Waals surface area contributed by atoms with Crippen LogP contribution in [-0.2, 0) is 4.74 Å². The van der Waals surface area contributed by atoms with Crippen molar-refractivity contribution in [2.45, 2.75) is 45.3 Å². The number of nitrogens with zero attached hydrogens (tertiary/aromatic N) is 1. The average Bonchev–Trinajstić information content (AvgIpc) is 3.00. The zero-order valence-electron chi connectivity index (χ0n) is 11.0. The molecule has 0 aromatic heterocycles. The molecule has 0 bridgehead atoms. The molecule has 2 aliphatic rings. The maximum absolute atomic E-state index is 5.63. The van der Waals surface area contributed by atoms with Gasteiger partial charge in [-0.1, -0.05) is 0 Å². The van der Waals surface area contributed by atoms with Crippen molar-refractivity contribution in [2.75, 3.05) is 32.8 Å². The van der Waals surface area contributed by atoms with Crippen molar-refractivity contribution in [1.82, 2.24) is 10.2 Å². The molecule has 1 heterocycles. The summed E-state index contributed by atoms with van der Waals surface area (Å²) < 4.78 is 5.63. The van der Waals surface area contributed by atoms with Crippen LogP contribution in [0.1, 0.15) is 33.6 Å². The second-order valence-electron chi connectivity index (χ2n) is 5.81. The van der Waals surface area contributed by atoms with Crippen LogP contribution >= 0.6 is 0 Å². The van der Waals surface area contributed by atoms with Gasteiger partial charge in [0.1, 0.15) is 0 Å². The number of nitrogens with one attached hydrogen (secondary N) is 1.